The van der Waals surface area contributed by atoms with Gasteiger partial charge < -0.3 is 24.9 Å². The minimum absolute atomic E-state index is 0.116. The fourth-order valence-electron chi connectivity index (χ4n) is 0.916. The van der Waals surface area contributed by atoms with Gasteiger partial charge in [0.1, 0.15) is 11.5 Å². The van der Waals surface area contributed by atoms with Crippen LogP contribution in [0.5, 0.6) is 11.5 Å². The van der Waals surface area contributed by atoms with Gasteiger partial charge in [0.2, 0.25) is 0 Å². The lowest BCUT2D eigenvalue weighted by atomic mass is 10.1. The van der Waals surface area contributed by atoms with Crippen LogP contribution in [-0.4, -0.2) is 24.9 Å². The lowest BCUT2D eigenvalue weighted by Gasteiger charge is -2.02. The zero-order chi connectivity index (χ0) is 11.8. The number of benzene rings is 1. The highest BCUT2D eigenvalue weighted by Crippen LogP contribution is 2.26. The number of phenolic OH excluding ortho intramolecular Hbond substituents is 2. The van der Waals surface area contributed by atoms with E-state index in [1.807, 2.05) is 0 Å². The number of hydrogen-bond acceptors (Lipinski definition) is 5. The van der Waals surface area contributed by atoms with Crippen molar-refractivity contribution in [2.45, 2.75) is 6.42 Å². The molecule has 1 rings (SSSR count). The monoisotopic (exact) mass is 232 g/mol. The van der Waals surface area contributed by atoms with Gasteiger partial charge in [-0.2, -0.15) is 0 Å². The molecular weight excluding hydrogens is 219 g/mol. The van der Waals surface area contributed by atoms with E-state index in [1.54, 1.807) is 24.3 Å². The molecule has 0 saturated heterocycles. The zero-order valence-corrected chi connectivity index (χ0v) is 8.80. The lowest BCUT2D eigenvalue weighted by molar-refractivity contribution is 0.368. The van der Waals surface area contributed by atoms with Gasteiger partial charge in [-0.3, -0.25) is 0 Å². The zero-order valence-electron chi connectivity index (χ0n) is 7.91. The van der Waals surface area contributed by atoms with E-state index < -0.39 is 8.60 Å². The molecule has 0 aliphatic rings. The first-order valence-corrected chi connectivity index (χ1v) is 5.16. The number of allylic oxidation sites excluding steroid dienone is 1. The van der Waals surface area contributed by atoms with Crippen molar-refractivity contribution in [3.05, 3.63) is 36.4 Å². The van der Waals surface area contributed by atoms with Crippen molar-refractivity contribution in [3.8, 4) is 11.5 Å². The number of aromatic hydroxyl groups is 2. The molecule has 15 heavy (non-hydrogen) atoms. The predicted molar refractivity (Wildman–Crippen MR) is 57.2 cm³/mol. The minimum Gasteiger partial charge on any atom is -0.508 e. The highest BCUT2D eigenvalue weighted by Gasteiger charge is 2.02. The molecule has 0 aliphatic heterocycles. The summed E-state index contributed by atoms with van der Waals surface area (Å²) in [5.41, 5.74) is 0.530. The molecule has 0 saturated carbocycles. The van der Waals surface area contributed by atoms with Gasteiger partial charge in [0.05, 0.1) is 0 Å². The average Bonchev–Trinajstić information content (AvgIpc) is 2.11. The Kier molecular flexibility index (Phi) is 6.66. The van der Waals surface area contributed by atoms with Crippen molar-refractivity contribution in [3.63, 3.8) is 0 Å². The second-order valence-corrected chi connectivity index (χ2v) is 3.07. The third-order valence-electron chi connectivity index (χ3n) is 1.48. The first-order valence-electron chi connectivity index (χ1n) is 3.96. The smallest absolute Gasteiger partial charge is 0.324 e. The summed E-state index contributed by atoms with van der Waals surface area (Å²) >= 11 is 0. The first-order chi connectivity index (χ1) is 6.99. The third kappa shape index (κ3) is 6.04. The summed E-state index contributed by atoms with van der Waals surface area (Å²) in [5, 5.41) is 18.4. The fourth-order valence-corrected chi connectivity index (χ4v) is 0.916. The average molecular weight is 232 g/mol. The second kappa shape index (κ2) is 7.20. The van der Waals surface area contributed by atoms with E-state index in [0.29, 0.717) is 12.0 Å². The molecule has 6 heteroatoms. The van der Waals surface area contributed by atoms with Crippen LogP contribution in [0, 0.1) is 0 Å². The summed E-state index contributed by atoms with van der Waals surface area (Å²) in [4.78, 5) is 21.7. The molecule has 1 aromatic carbocycles. The van der Waals surface area contributed by atoms with Gasteiger partial charge in [-0.05, 0) is 18.6 Å². The molecule has 0 unspecified atom stereocenters. The Hall–Kier alpha value is -1.13. The molecule has 0 spiro atoms. The van der Waals surface area contributed by atoms with Crippen LogP contribution in [-0.2, 0) is 6.42 Å². The molecule has 0 aliphatic carbocycles. The van der Waals surface area contributed by atoms with Crippen molar-refractivity contribution >= 4 is 8.60 Å². The van der Waals surface area contributed by atoms with Gasteiger partial charge >= 0.3 is 8.60 Å². The summed E-state index contributed by atoms with van der Waals surface area (Å²) in [7, 11) is -2.62. The normalized spacial score (nSPS) is 9.33. The van der Waals surface area contributed by atoms with E-state index in [2.05, 4.69) is 6.58 Å². The van der Waals surface area contributed by atoms with Crippen molar-refractivity contribution in [2.75, 3.05) is 0 Å². The molecular formula is C9H13O5P. The van der Waals surface area contributed by atoms with E-state index in [1.165, 1.54) is 0 Å². The van der Waals surface area contributed by atoms with Crippen LogP contribution >= 0.6 is 8.60 Å². The van der Waals surface area contributed by atoms with Crippen LogP contribution in [0.25, 0.3) is 0 Å². The van der Waals surface area contributed by atoms with E-state index in [9.17, 15) is 10.2 Å². The van der Waals surface area contributed by atoms with E-state index >= 15 is 0 Å². The van der Waals surface area contributed by atoms with Crippen LogP contribution < -0.4 is 0 Å². The Bertz CT molecular complexity index is 290. The van der Waals surface area contributed by atoms with Gasteiger partial charge in [-0.15, -0.1) is 6.58 Å². The number of hydrogen-bond donors (Lipinski definition) is 5. The van der Waals surface area contributed by atoms with Crippen molar-refractivity contribution in [2.24, 2.45) is 0 Å². The van der Waals surface area contributed by atoms with E-state index in [0.717, 1.165) is 0 Å². The largest absolute Gasteiger partial charge is 0.508 e. The summed E-state index contributed by atoms with van der Waals surface area (Å²) in [5.74, 6) is 0.231. The van der Waals surface area contributed by atoms with Crippen LogP contribution in [0.1, 0.15) is 5.56 Å². The van der Waals surface area contributed by atoms with Crippen LogP contribution in [0.15, 0.2) is 30.9 Å². The maximum Gasteiger partial charge on any atom is 0.324 e. The lowest BCUT2D eigenvalue weighted by Crippen LogP contribution is -1.82. The van der Waals surface area contributed by atoms with Gasteiger partial charge in [0.25, 0.3) is 0 Å². The van der Waals surface area contributed by atoms with E-state index in [-0.39, 0.29) is 11.5 Å². The maximum atomic E-state index is 9.21. The van der Waals surface area contributed by atoms with Gasteiger partial charge in [0, 0.05) is 5.56 Å². The quantitative estimate of drug-likeness (QED) is 0.387. The van der Waals surface area contributed by atoms with Gasteiger partial charge in [0.15, 0.2) is 0 Å². The summed E-state index contributed by atoms with van der Waals surface area (Å²) in [6.07, 6.45) is 2.12. The molecule has 0 fully saturated rings. The highest BCUT2D eigenvalue weighted by atomic mass is 31.2. The Balaban J connectivity index is 0.000000423. The Labute approximate surface area is 88.6 Å². The second-order valence-electron chi connectivity index (χ2n) is 2.54. The molecule has 0 aromatic heterocycles. The van der Waals surface area contributed by atoms with E-state index in [4.69, 9.17) is 14.7 Å². The number of phenols is 2. The van der Waals surface area contributed by atoms with Gasteiger partial charge in [-0.1, -0.05) is 12.1 Å². The van der Waals surface area contributed by atoms with Crippen molar-refractivity contribution < 1.29 is 24.9 Å². The molecule has 1 aromatic rings. The molecule has 5 N–H and O–H groups in total. The van der Waals surface area contributed by atoms with Crippen molar-refractivity contribution in [1.29, 1.82) is 0 Å². The first kappa shape index (κ1) is 13.9. The molecule has 84 valence electrons. The molecule has 0 bridgehead atoms. The standard InChI is InChI=1S/C9H10O2.H3O3P/c1-2-4-7-8(10)5-3-6-9(7)11;1-4(2)3/h2-3,5-6,10-11H,1,4H2;1-3H. The number of rotatable bonds is 2. The predicted octanol–water partition coefficient (Wildman–Crippen LogP) is 1.02. The highest BCUT2D eigenvalue weighted by molar-refractivity contribution is 7.38. The molecule has 0 heterocycles. The Morgan fingerprint density at radius 1 is 1.13 bits per heavy atom. The maximum absolute atomic E-state index is 9.21. The van der Waals surface area contributed by atoms with Crippen LogP contribution in [0.2, 0.25) is 0 Å². The molecule has 0 atom stereocenters. The van der Waals surface area contributed by atoms with Gasteiger partial charge in [-0.25, -0.2) is 0 Å². The minimum atomic E-state index is -2.62. The fraction of sp³-hybridized carbons (Fsp3) is 0.111. The SMILES string of the molecule is C=CCc1c(O)cccc1O.OP(O)O. The third-order valence-corrected chi connectivity index (χ3v) is 1.48. The Morgan fingerprint density at radius 3 is 1.87 bits per heavy atom. The molecule has 0 radical (unpaired) electrons. The van der Waals surface area contributed by atoms with Crippen LogP contribution in [0.4, 0.5) is 0 Å². The molecule has 0 amide bonds. The van der Waals surface area contributed by atoms with Crippen molar-refractivity contribution in [1.82, 2.24) is 0 Å². The summed E-state index contributed by atoms with van der Waals surface area (Å²) in [6, 6.07) is 4.67. The Morgan fingerprint density at radius 2 is 1.53 bits per heavy atom. The van der Waals surface area contributed by atoms with Crippen LogP contribution in [0.3, 0.4) is 0 Å². The summed E-state index contributed by atoms with van der Waals surface area (Å²) in [6.45, 7) is 3.52. The summed E-state index contributed by atoms with van der Waals surface area (Å²) < 4.78 is 0. The topological polar surface area (TPSA) is 101 Å². The molecule has 5 nitrogen and oxygen atoms in total.